The summed E-state index contributed by atoms with van der Waals surface area (Å²) >= 11 is 8.10. The molecule has 0 aromatic heterocycles. The Hall–Kier alpha value is -5.53. The zero-order valence-electron chi connectivity index (χ0n) is 22.2. The molecule has 4 N–H and O–H groups in total. The van der Waals surface area contributed by atoms with Gasteiger partial charge in [0.05, 0.1) is 11.1 Å². The Morgan fingerprint density at radius 1 is 0.568 bits per heavy atom. The summed E-state index contributed by atoms with van der Waals surface area (Å²) in [5.74, 6) is -2.56. The number of esters is 2. The summed E-state index contributed by atoms with van der Waals surface area (Å²) in [5, 5.41) is 32.5. The minimum Gasteiger partial charge on any atom is -0.508 e. The van der Waals surface area contributed by atoms with Gasteiger partial charge >= 0.3 is 11.9 Å². The number of thiol groups is 2. The average molecular weight is 629 g/mol. The quantitative estimate of drug-likeness (QED) is 0.0801. The number of hydrogen-bond donors (Lipinski definition) is 6. The van der Waals surface area contributed by atoms with Crippen LogP contribution in [-0.4, -0.2) is 50.9 Å². The molecule has 220 valence electrons. The number of aromatic hydroxyl groups is 2. The lowest BCUT2D eigenvalue weighted by Crippen LogP contribution is -2.32. The minimum absolute atomic E-state index is 0.127. The molecule has 44 heavy (non-hydrogen) atoms. The lowest BCUT2D eigenvalue weighted by Gasteiger charge is -2.14. The second kappa shape index (κ2) is 13.2. The molecule has 0 radical (unpaired) electrons. The number of ether oxygens (including phenoxy) is 2. The van der Waals surface area contributed by atoms with Crippen LogP contribution in [0.4, 0.5) is 0 Å². The number of benzene rings is 4. The van der Waals surface area contributed by atoms with E-state index in [1.807, 2.05) is 0 Å². The Morgan fingerprint density at radius 2 is 0.909 bits per heavy atom. The molecule has 13 heteroatoms. The Balaban J connectivity index is 0.000000151. The zero-order valence-corrected chi connectivity index (χ0v) is 24.0. The number of carbonyl (C=O) groups is 5. The summed E-state index contributed by atoms with van der Waals surface area (Å²) in [6, 6.07) is 21.2. The third-order valence-corrected chi connectivity index (χ3v) is 6.50. The molecule has 0 unspecified atom stereocenters. The third kappa shape index (κ3) is 7.09. The van der Waals surface area contributed by atoms with Crippen LogP contribution in [0, 0.1) is 10.8 Å². The molecule has 2 aliphatic rings. The van der Waals surface area contributed by atoms with Crippen LogP contribution in [-0.2, 0) is 9.59 Å². The van der Waals surface area contributed by atoms with E-state index in [0.29, 0.717) is 20.9 Å². The van der Waals surface area contributed by atoms with Crippen LogP contribution in [0.15, 0.2) is 94.7 Å². The van der Waals surface area contributed by atoms with Crippen molar-refractivity contribution in [2.45, 2.75) is 9.79 Å². The summed E-state index contributed by atoms with van der Waals surface area (Å²) in [4.78, 5) is 57.8. The van der Waals surface area contributed by atoms with E-state index < -0.39 is 34.9 Å². The number of hydrogen-bond acceptors (Lipinski definition) is 13. The van der Waals surface area contributed by atoms with E-state index in [4.69, 9.17) is 30.5 Å². The van der Waals surface area contributed by atoms with Crippen LogP contribution in [0.1, 0.15) is 36.6 Å². The fourth-order valence-electron chi connectivity index (χ4n) is 3.72. The molecule has 11 nitrogen and oxygen atoms in total. The topological polar surface area (TPSA) is 192 Å². The van der Waals surface area contributed by atoms with E-state index in [2.05, 4.69) is 25.3 Å². The van der Waals surface area contributed by atoms with Gasteiger partial charge in [-0.1, -0.05) is 0 Å². The van der Waals surface area contributed by atoms with Crippen LogP contribution < -0.4 is 9.47 Å². The molecule has 0 bridgehead atoms. The highest BCUT2D eigenvalue weighted by atomic mass is 32.1. The molecule has 0 fully saturated rings. The molecule has 0 aliphatic carbocycles. The van der Waals surface area contributed by atoms with Gasteiger partial charge in [-0.05, 0) is 84.9 Å². The van der Waals surface area contributed by atoms with Crippen molar-refractivity contribution < 1.29 is 43.7 Å². The molecule has 6 rings (SSSR count). The Kier molecular flexibility index (Phi) is 9.41. The van der Waals surface area contributed by atoms with Gasteiger partial charge in [-0.2, -0.15) is 0 Å². The van der Waals surface area contributed by atoms with Crippen LogP contribution in [0.25, 0.3) is 0 Å². The SMILES string of the molecule is N=C1C(=O)Oc2ccc(S)cc2C1=O.N=C1C(=O)Oc2ccc(S)cc2C1=O.O=C(c1ccc(O)cc1)c1ccc(O)cc1. The number of phenolic OH excluding ortho intramolecular Hbond substituents is 2. The Morgan fingerprint density at radius 3 is 1.25 bits per heavy atom. The highest BCUT2D eigenvalue weighted by molar-refractivity contribution is 7.80. The standard InChI is InChI=1S/C13H10O3.2C9H5NO3S/c14-11-5-1-9(2-6-11)13(16)10-3-7-12(15)8-4-10;2*10-7-8(11)5-3-4(14)1-2-6(5)13-9(7)12/h1-8,14-15H;2*1-3,10,14H. The van der Waals surface area contributed by atoms with E-state index in [1.54, 1.807) is 36.4 Å². The van der Waals surface area contributed by atoms with Crippen molar-refractivity contribution in [2.75, 3.05) is 0 Å². The highest BCUT2D eigenvalue weighted by Crippen LogP contribution is 2.27. The molecular weight excluding hydrogens is 608 g/mol. The minimum atomic E-state index is -0.908. The van der Waals surface area contributed by atoms with Gasteiger partial charge < -0.3 is 19.7 Å². The molecule has 0 atom stereocenters. The van der Waals surface area contributed by atoms with Gasteiger partial charge in [0, 0.05) is 20.9 Å². The Bertz CT molecular complexity index is 1730. The van der Waals surface area contributed by atoms with Crippen molar-refractivity contribution in [1.29, 1.82) is 10.8 Å². The van der Waals surface area contributed by atoms with Gasteiger partial charge in [0.25, 0.3) is 0 Å². The number of fused-ring (bicyclic) bond motifs is 2. The number of nitrogens with one attached hydrogen (secondary N) is 2. The van der Waals surface area contributed by atoms with Gasteiger partial charge in [0.1, 0.15) is 23.0 Å². The average Bonchev–Trinajstić information content (AvgIpc) is 3.01. The molecule has 2 heterocycles. The van der Waals surface area contributed by atoms with Crippen molar-refractivity contribution in [3.8, 4) is 23.0 Å². The molecule has 0 amide bonds. The first-order valence-electron chi connectivity index (χ1n) is 12.4. The summed E-state index contributed by atoms with van der Waals surface area (Å²) < 4.78 is 9.50. The molecule has 4 aromatic carbocycles. The predicted molar refractivity (Wildman–Crippen MR) is 162 cm³/mol. The van der Waals surface area contributed by atoms with Gasteiger partial charge in [0.2, 0.25) is 11.6 Å². The van der Waals surface area contributed by atoms with Gasteiger partial charge in [-0.25, -0.2) is 9.59 Å². The first-order chi connectivity index (χ1) is 20.8. The van der Waals surface area contributed by atoms with Crippen LogP contribution in [0.5, 0.6) is 23.0 Å². The van der Waals surface area contributed by atoms with Crippen molar-refractivity contribution in [3.63, 3.8) is 0 Å². The highest BCUT2D eigenvalue weighted by Gasteiger charge is 2.31. The summed E-state index contributed by atoms with van der Waals surface area (Å²) in [6.45, 7) is 0. The predicted octanol–water partition coefficient (Wildman–Crippen LogP) is 4.52. The number of phenols is 2. The van der Waals surface area contributed by atoms with E-state index in [-0.39, 0.29) is 39.9 Å². The van der Waals surface area contributed by atoms with E-state index in [1.165, 1.54) is 48.5 Å². The molecular formula is C31H20N2O9S2. The Labute approximate surface area is 259 Å². The monoisotopic (exact) mass is 628 g/mol. The van der Waals surface area contributed by atoms with Crippen molar-refractivity contribution in [2.24, 2.45) is 0 Å². The van der Waals surface area contributed by atoms with Gasteiger partial charge in [0.15, 0.2) is 17.2 Å². The van der Waals surface area contributed by atoms with Crippen LogP contribution >= 0.6 is 25.3 Å². The van der Waals surface area contributed by atoms with Crippen molar-refractivity contribution in [1.82, 2.24) is 0 Å². The third-order valence-electron chi connectivity index (χ3n) is 5.94. The summed E-state index contributed by atoms with van der Waals surface area (Å²) in [7, 11) is 0. The van der Waals surface area contributed by atoms with E-state index in [0.717, 1.165) is 0 Å². The molecule has 0 saturated carbocycles. The second-order valence-corrected chi connectivity index (χ2v) is 10.0. The van der Waals surface area contributed by atoms with E-state index in [9.17, 15) is 24.0 Å². The number of ketones is 3. The largest absolute Gasteiger partial charge is 0.508 e. The van der Waals surface area contributed by atoms with E-state index >= 15 is 0 Å². The van der Waals surface area contributed by atoms with Crippen LogP contribution in [0.3, 0.4) is 0 Å². The van der Waals surface area contributed by atoms with Gasteiger partial charge in [-0.3, -0.25) is 25.2 Å². The maximum absolute atomic E-state index is 11.9. The number of rotatable bonds is 2. The zero-order chi connectivity index (χ0) is 32.1. The number of carbonyl (C=O) groups excluding carboxylic acids is 5. The summed E-state index contributed by atoms with van der Waals surface area (Å²) in [5.41, 5.74) is 0.143. The maximum atomic E-state index is 11.9. The maximum Gasteiger partial charge on any atom is 0.365 e. The van der Waals surface area contributed by atoms with Crippen molar-refractivity contribution in [3.05, 3.63) is 107 Å². The smallest absolute Gasteiger partial charge is 0.365 e. The number of Topliss-reactive ketones (excluding diaryl/α,β-unsaturated/α-hetero) is 2. The fraction of sp³-hybridized carbons (Fsp3) is 0. The molecule has 2 aliphatic heterocycles. The normalized spacial score (nSPS) is 13.2. The van der Waals surface area contributed by atoms with Crippen LogP contribution in [0.2, 0.25) is 0 Å². The fourth-order valence-corrected chi connectivity index (χ4v) is 4.12. The lowest BCUT2D eigenvalue weighted by molar-refractivity contribution is -0.128. The first-order valence-corrected chi connectivity index (χ1v) is 13.2. The molecule has 4 aromatic rings. The molecule has 0 spiro atoms. The van der Waals surface area contributed by atoms with Crippen molar-refractivity contribution >= 4 is 66.0 Å². The summed E-state index contributed by atoms with van der Waals surface area (Å²) in [6.07, 6.45) is 0. The van der Waals surface area contributed by atoms with Gasteiger partial charge in [-0.15, -0.1) is 25.3 Å². The lowest BCUT2D eigenvalue weighted by atomic mass is 10.0. The first kappa shape index (κ1) is 31.4. The second-order valence-electron chi connectivity index (χ2n) is 8.97. The molecule has 0 saturated heterocycles.